The fourth-order valence-electron chi connectivity index (χ4n) is 3.01. The molecule has 0 aliphatic rings. The first-order valence-corrected chi connectivity index (χ1v) is 10.6. The molecule has 170 valence electrons. The van der Waals surface area contributed by atoms with Crippen LogP contribution in [0.3, 0.4) is 0 Å². The van der Waals surface area contributed by atoms with Gasteiger partial charge in [-0.2, -0.15) is 0 Å². The van der Waals surface area contributed by atoms with Crippen molar-refractivity contribution in [3.63, 3.8) is 0 Å². The van der Waals surface area contributed by atoms with Crippen LogP contribution in [0.5, 0.6) is 23.0 Å². The monoisotopic (exact) mass is 459 g/mol. The molecule has 3 rings (SSSR count). The first-order valence-electron chi connectivity index (χ1n) is 9.59. The van der Waals surface area contributed by atoms with Crippen LogP contribution in [0.1, 0.15) is 5.56 Å². The zero-order valence-electron chi connectivity index (χ0n) is 18.6. The van der Waals surface area contributed by atoms with Gasteiger partial charge in [-0.3, -0.25) is 4.79 Å². The van der Waals surface area contributed by atoms with E-state index in [2.05, 4.69) is 15.5 Å². The zero-order chi connectivity index (χ0) is 23.1. The Morgan fingerprint density at radius 2 is 1.66 bits per heavy atom. The van der Waals surface area contributed by atoms with Gasteiger partial charge in [-0.05, 0) is 28.1 Å². The second kappa shape index (κ2) is 10.7. The second-order valence-electron chi connectivity index (χ2n) is 6.59. The van der Waals surface area contributed by atoms with Gasteiger partial charge in [0.2, 0.25) is 16.8 Å². The Labute approximate surface area is 190 Å². The van der Waals surface area contributed by atoms with E-state index in [0.717, 1.165) is 11.3 Å². The lowest BCUT2D eigenvalue weighted by atomic mass is 10.1. The average molecular weight is 460 g/mol. The summed E-state index contributed by atoms with van der Waals surface area (Å²) in [5, 5.41) is 11.9. The van der Waals surface area contributed by atoms with Crippen LogP contribution < -0.4 is 23.8 Å². The number of hydrogen-bond donors (Lipinski definition) is 0. The van der Waals surface area contributed by atoms with Gasteiger partial charge in [0.1, 0.15) is 5.75 Å². The van der Waals surface area contributed by atoms with Crippen LogP contribution in [0.25, 0.3) is 0 Å². The van der Waals surface area contributed by atoms with Crippen LogP contribution in [0.2, 0.25) is 0 Å². The number of benzene rings is 2. The van der Waals surface area contributed by atoms with E-state index in [1.165, 1.54) is 37.8 Å². The van der Waals surface area contributed by atoms with Gasteiger partial charge in [0.05, 0.1) is 46.4 Å². The smallest absolute Gasteiger partial charge is 0.237 e. The number of amides is 1. The highest BCUT2D eigenvalue weighted by molar-refractivity contribution is 7.99. The molecular formula is C21H25N5O5S. The number of hydrogen-bond acceptors (Lipinski definition) is 9. The van der Waals surface area contributed by atoms with Gasteiger partial charge in [-0.15, -0.1) is 5.10 Å². The van der Waals surface area contributed by atoms with E-state index in [9.17, 15) is 4.79 Å². The van der Waals surface area contributed by atoms with Crippen molar-refractivity contribution in [3.8, 4) is 23.0 Å². The molecule has 0 radical (unpaired) electrons. The van der Waals surface area contributed by atoms with E-state index in [4.69, 9.17) is 18.9 Å². The molecular weight excluding hydrogens is 434 g/mol. The minimum Gasteiger partial charge on any atom is -0.497 e. The van der Waals surface area contributed by atoms with E-state index in [-0.39, 0.29) is 11.7 Å². The maximum atomic E-state index is 13.3. The molecule has 10 nitrogen and oxygen atoms in total. The molecule has 0 fully saturated rings. The summed E-state index contributed by atoms with van der Waals surface area (Å²) in [5.74, 6) is 2.11. The molecule has 0 aliphatic heterocycles. The first kappa shape index (κ1) is 23.2. The van der Waals surface area contributed by atoms with E-state index < -0.39 is 0 Å². The van der Waals surface area contributed by atoms with Crippen LogP contribution in [-0.2, 0) is 18.4 Å². The summed E-state index contributed by atoms with van der Waals surface area (Å²) in [4.78, 5) is 15.0. The summed E-state index contributed by atoms with van der Waals surface area (Å²) in [6.45, 7) is 0.332. The number of tetrazole rings is 1. The molecule has 0 bridgehead atoms. The van der Waals surface area contributed by atoms with Gasteiger partial charge in [-0.25, -0.2) is 4.68 Å². The summed E-state index contributed by atoms with van der Waals surface area (Å²) < 4.78 is 23.1. The number of methoxy groups -OCH3 is 4. The molecule has 0 atom stereocenters. The van der Waals surface area contributed by atoms with Gasteiger partial charge in [0.15, 0.2) is 11.5 Å². The third-order valence-electron chi connectivity index (χ3n) is 4.67. The Morgan fingerprint density at radius 3 is 2.16 bits per heavy atom. The van der Waals surface area contributed by atoms with Gasteiger partial charge >= 0.3 is 0 Å². The molecule has 0 unspecified atom stereocenters. The van der Waals surface area contributed by atoms with Crippen molar-refractivity contribution >= 4 is 23.4 Å². The molecule has 3 aromatic rings. The fraction of sp³-hybridized carbons (Fsp3) is 0.333. The molecule has 0 aliphatic carbocycles. The molecule has 11 heteroatoms. The van der Waals surface area contributed by atoms with Crippen LogP contribution in [-0.4, -0.2) is 60.3 Å². The number of carbonyl (C=O) groups is 1. The summed E-state index contributed by atoms with van der Waals surface area (Å²) in [5.41, 5.74) is 1.54. The molecule has 0 saturated carbocycles. The molecule has 1 aromatic heterocycles. The topological polar surface area (TPSA) is 101 Å². The fourth-order valence-corrected chi connectivity index (χ4v) is 3.73. The maximum absolute atomic E-state index is 13.3. The standard InChI is InChI=1S/C21H25N5O5S/c1-25-21(22-23-24-25)32-13-19(27)26(12-14-6-8-16(28-2)9-7-14)15-10-17(29-3)20(31-5)18(11-15)30-4/h6-11H,12-13H2,1-5H3. The molecule has 0 spiro atoms. The number of carbonyl (C=O) groups excluding carboxylic acids is 1. The van der Waals surface area contributed by atoms with Crippen molar-refractivity contribution in [2.24, 2.45) is 7.05 Å². The van der Waals surface area contributed by atoms with Crippen LogP contribution in [0.4, 0.5) is 5.69 Å². The van der Waals surface area contributed by atoms with Gasteiger partial charge in [0, 0.05) is 19.2 Å². The van der Waals surface area contributed by atoms with Crippen LogP contribution in [0.15, 0.2) is 41.6 Å². The lowest BCUT2D eigenvalue weighted by Crippen LogP contribution is -2.32. The van der Waals surface area contributed by atoms with E-state index >= 15 is 0 Å². The summed E-state index contributed by atoms with van der Waals surface area (Å²) >= 11 is 1.26. The Balaban J connectivity index is 1.95. The molecule has 1 amide bonds. The quantitative estimate of drug-likeness (QED) is 0.423. The van der Waals surface area contributed by atoms with Crippen molar-refractivity contribution in [1.82, 2.24) is 20.2 Å². The molecule has 32 heavy (non-hydrogen) atoms. The average Bonchev–Trinajstić information content (AvgIpc) is 3.24. The molecule has 0 saturated heterocycles. The number of thioether (sulfide) groups is 1. The Hall–Kier alpha value is -3.47. The van der Waals surface area contributed by atoms with E-state index in [0.29, 0.717) is 34.6 Å². The Kier molecular flexibility index (Phi) is 7.77. The predicted molar refractivity (Wildman–Crippen MR) is 120 cm³/mol. The molecule has 2 aromatic carbocycles. The number of nitrogens with zero attached hydrogens (tertiary/aromatic N) is 5. The third-order valence-corrected chi connectivity index (χ3v) is 5.66. The van der Waals surface area contributed by atoms with Gasteiger partial charge < -0.3 is 23.8 Å². The van der Waals surface area contributed by atoms with Crippen molar-refractivity contribution < 1.29 is 23.7 Å². The number of rotatable bonds is 10. The summed E-state index contributed by atoms with van der Waals surface area (Å²) in [6, 6.07) is 11.0. The maximum Gasteiger partial charge on any atom is 0.237 e. The van der Waals surface area contributed by atoms with E-state index in [1.807, 2.05) is 24.3 Å². The Bertz CT molecular complexity index is 1030. The normalized spacial score (nSPS) is 10.5. The molecule has 0 N–H and O–H groups in total. The predicted octanol–water partition coefficient (Wildman–Crippen LogP) is 2.57. The second-order valence-corrected chi connectivity index (χ2v) is 7.53. The van der Waals surface area contributed by atoms with Crippen molar-refractivity contribution in [3.05, 3.63) is 42.0 Å². The lowest BCUT2D eigenvalue weighted by Gasteiger charge is -2.25. The van der Waals surface area contributed by atoms with Crippen molar-refractivity contribution in [1.29, 1.82) is 0 Å². The lowest BCUT2D eigenvalue weighted by molar-refractivity contribution is -0.116. The SMILES string of the molecule is COc1ccc(CN(C(=O)CSc2nnnn2C)c2cc(OC)c(OC)c(OC)c2)cc1. The number of aryl methyl sites for hydroxylation is 1. The summed E-state index contributed by atoms with van der Waals surface area (Å²) in [6.07, 6.45) is 0. The molecule has 1 heterocycles. The number of ether oxygens (including phenoxy) is 4. The minimum atomic E-state index is -0.136. The number of aromatic nitrogens is 4. The van der Waals surface area contributed by atoms with Crippen molar-refractivity contribution in [2.75, 3.05) is 39.1 Å². The first-order chi connectivity index (χ1) is 15.5. The minimum absolute atomic E-state index is 0.136. The number of anilines is 1. The van der Waals surface area contributed by atoms with Crippen LogP contribution in [0, 0.1) is 0 Å². The zero-order valence-corrected chi connectivity index (χ0v) is 19.4. The van der Waals surface area contributed by atoms with Gasteiger partial charge in [-0.1, -0.05) is 23.9 Å². The summed E-state index contributed by atoms with van der Waals surface area (Å²) in [7, 11) is 7.94. The van der Waals surface area contributed by atoms with Gasteiger partial charge in [0.25, 0.3) is 0 Å². The highest BCUT2D eigenvalue weighted by Crippen LogP contribution is 2.41. The van der Waals surface area contributed by atoms with Crippen molar-refractivity contribution in [2.45, 2.75) is 11.7 Å². The van der Waals surface area contributed by atoms with E-state index in [1.54, 1.807) is 31.2 Å². The van der Waals surface area contributed by atoms with Crippen LogP contribution >= 0.6 is 11.8 Å². The highest BCUT2D eigenvalue weighted by Gasteiger charge is 2.22. The highest BCUT2D eigenvalue weighted by atomic mass is 32.2. The Morgan fingerprint density at radius 1 is 1.00 bits per heavy atom. The third kappa shape index (κ3) is 5.22. The largest absolute Gasteiger partial charge is 0.497 e.